The topological polar surface area (TPSA) is 70.7 Å². The molecular formula is C17H33N3O3. The molecule has 0 aromatic carbocycles. The number of carbonyl (C=O) groups is 2. The van der Waals surface area contributed by atoms with E-state index in [9.17, 15) is 9.59 Å². The number of hydrogen-bond acceptors (Lipinski definition) is 3. The van der Waals surface area contributed by atoms with Gasteiger partial charge >= 0.3 is 6.03 Å². The molecule has 1 saturated heterocycles. The molecule has 2 N–H and O–H groups in total. The molecule has 0 aliphatic carbocycles. The maximum absolute atomic E-state index is 12.6. The van der Waals surface area contributed by atoms with Crippen LogP contribution < -0.4 is 10.6 Å². The molecule has 0 aromatic rings. The standard InChI is InChI=1S/C17H33N3O3/c1-12(2)23-17(5,6)11-16(3,4)19-14(21)13-9-8-10-20(13)15(22)18-7/h12-13H,8-11H2,1-7H3,(H,18,22)(H,19,21). The predicted molar refractivity (Wildman–Crippen MR) is 91.3 cm³/mol. The van der Waals surface area contributed by atoms with E-state index in [1.54, 1.807) is 11.9 Å². The number of nitrogens with zero attached hydrogens (tertiary/aromatic N) is 1. The molecule has 134 valence electrons. The molecular weight excluding hydrogens is 294 g/mol. The molecule has 1 fully saturated rings. The summed E-state index contributed by atoms with van der Waals surface area (Å²) >= 11 is 0. The van der Waals surface area contributed by atoms with Crippen LogP contribution in [0.25, 0.3) is 0 Å². The lowest BCUT2D eigenvalue weighted by atomic mass is 9.88. The smallest absolute Gasteiger partial charge is 0.317 e. The predicted octanol–water partition coefficient (Wildman–Crippen LogP) is 2.28. The van der Waals surface area contributed by atoms with E-state index in [4.69, 9.17) is 4.74 Å². The molecule has 0 aromatic heterocycles. The second kappa shape index (κ2) is 7.51. The molecule has 0 bridgehead atoms. The van der Waals surface area contributed by atoms with Crippen LogP contribution in [0.5, 0.6) is 0 Å². The second-order valence-electron chi connectivity index (χ2n) is 7.88. The van der Waals surface area contributed by atoms with Crippen molar-refractivity contribution in [1.82, 2.24) is 15.5 Å². The van der Waals surface area contributed by atoms with Gasteiger partial charge in [-0.05, 0) is 60.8 Å². The van der Waals surface area contributed by atoms with Gasteiger partial charge in [0.1, 0.15) is 6.04 Å². The largest absolute Gasteiger partial charge is 0.373 e. The highest BCUT2D eigenvalue weighted by atomic mass is 16.5. The second-order valence-corrected chi connectivity index (χ2v) is 7.88. The zero-order chi connectivity index (χ0) is 17.8. The molecule has 1 heterocycles. The third kappa shape index (κ3) is 6.01. The van der Waals surface area contributed by atoms with E-state index in [1.807, 2.05) is 41.5 Å². The van der Waals surface area contributed by atoms with Crippen LogP contribution in [0, 0.1) is 0 Å². The zero-order valence-electron chi connectivity index (χ0n) is 15.7. The van der Waals surface area contributed by atoms with Crippen molar-refractivity contribution in [3.05, 3.63) is 0 Å². The molecule has 23 heavy (non-hydrogen) atoms. The summed E-state index contributed by atoms with van der Waals surface area (Å²) in [5.41, 5.74) is -0.743. The molecule has 1 aliphatic heterocycles. The highest BCUT2D eigenvalue weighted by molar-refractivity contribution is 5.88. The summed E-state index contributed by atoms with van der Waals surface area (Å²) in [5, 5.41) is 5.70. The fraction of sp³-hybridized carbons (Fsp3) is 0.882. The summed E-state index contributed by atoms with van der Waals surface area (Å²) in [5.74, 6) is -0.0866. The summed E-state index contributed by atoms with van der Waals surface area (Å²) < 4.78 is 5.93. The quantitative estimate of drug-likeness (QED) is 0.786. The van der Waals surface area contributed by atoms with E-state index in [0.717, 1.165) is 6.42 Å². The van der Waals surface area contributed by atoms with Crippen molar-refractivity contribution in [2.75, 3.05) is 13.6 Å². The third-order valence-electron chi connectivity index (χ3n) is 3.91. The van der Waals surface area contributed by atoms with Crippen LogP contribution in [0.4, 0.5) is 4.79 Å². The minimum atomic E-state index is -0.410. The fourth-order valence-electron chi connectivity index (χ4n) is 3.63. The van der Waals surface area contributed by atoms with Gasteiger partial charge in [-0.15, -0.1) is 0 Å². The van der Waals surface area contributed by atoms with Crippen LogP contribution in [0.1, 0.15) is 60.8 Å². The van der Waals surface area contributed by atoms with E-state index in [1.165, 1.54) is 0 Å². The maximum Gasteiger partial charge on any atom is 0.317 e. The van der Waals surface area contributed by atoms with Crippen LogP contribution in [-0.2, 0) is 9.53 Å². The maximum atomic E-state index is 12.6. The number of amides is 3. The first kappa shape index (κ1) is 19.7. The number of urea groups is 1. The fourth-order valence-corrected chi connectivity index (χ4v) is 3.63. The van der Waals surface area contributed by atoms with Crippen molar-refractivity contribution in [1.29, 1.82) is 0 Å². The van der Waals surface area contributed by atoms with Crippen LogP contribution in [0.15, 0.2) is 0 Å². The highest BCUT2D eigenvalue weighted by Crippen LogP contribution is 2.26. The van der Waals surface area contributed by atoms with Gasteiger partial charge in [0.15, 0.2) is 0 Å². The molecule has 6 heteroatoms. The average molecular weight is 327 g/mol. The lowest BCUT2D eigenvalue weighted by Crippen LogP contribution is -2.55. The van der Waals surface area contributed by atoms with Gasteiger partial charge in [0.2, 0.25) is 5.91 Å². The van der Waals surface area contributed by atoms with Crippen LogP contribution in [0.3, 0.4) is 0 Å². The number of carbonyl (C=O) groups excluding carboxylic acids is 2. The van der Waals surface area contributed by atoms with Crippen LogP contribution in [-0.4, -0.2) is 53.7 Å². The SMILES string of the molecule is CNC(=O)N1CCCC1C(=O)NC(C)(C)CC(C)(C)OC(C)C. The van der Waals surface area contributed by atoms with Gasteiger partial charge < -0.3 is 20.3 Å². The van der Waals surface area contributed by atoms with Crippen LogP contribution >= 0.6 is 0 Å². The summed E-state index contributed by atoms with van der Waals surface area (Å²) in [4.78, 5) is 26.1. The number of nitrogens with one attached hydrogen (secondary N) is 2. The monoisotopic (exact) mass is 327 g/mol. The van der Waals surface area contributed by atoms with Gasteiger partial charge in [-0.1, -0.05) is 0 Å². The first-order valence-electron chi connectivity index (χ1n) is 8.45. The molecule has 6 nitrogen and oxygen atoms in total. The van der Waals surface area contributed by atoms with Gasteiger partial charge in [0.05, 0.1) is 11.7 Å². The van der Waals surface area contributed by atoms with Crippen molar-refractivity contribution in [3.8, 4) is 0 Å². The number of rotatable bonds is 6. The van der Waals surface area contributed by atoms with E-state index in [0.29, 0.717) is 19.4 Å². The van der Waals surface area contributed by atoms with E-state index >= 15 is 0 Å². The highest BCUT2D eigenvalue weighted by Gasteiger charge is 2.37. The summed E-state index contributed by atoms with van der Waals surface area (Å²) in [6, 6.07) is -0.577. The average Bonchev–Trinajstić information content (AvgIpc) is 2.82. The van der Waals surface area contributed by atoms with Crippen molar-refractivity contribution >= 4 is 11.9 Å². The van der Waals surface area contributed by atoms with Gasteiger partial charge in [0.25, 0.3) is 0 Å². The van der Waals surface area contributed by atoms with Crippen molar-refractivity contribution < 1.29 is 14.3 Å². The Labute approximate surface area is 140 Å². The van der Waals surface area contributed by atoms with E-state index in [2.05, 4.69) is 10.6 Å². The zero-order valence-corrected chi connectivity index (χ0v) is 15.7. The minimum absolute atomic E-state index is 0.0866. The molecule has 1 aliphatic rings. The molecule has 0 spiro atoms. The Balaban J connectivity index is 2.69. The Morgan fingerprint density at radius 1 is 1.26 bits per heavy atom. The Kier molecular flexibility index (Phi) is 6.45. The number of hydrogen-bond donors (Lipinski definition) is 2. The lowest BCUT2D eigenvalue weighted by Gasteiger charge is -2.38. The molecule has 1 unspecified atom stereocenters. The van der Waals surface area contributed by atoms with Crippen molar-refractivity contribution in [3.63, 3.8) is 0 Å². The van der Waals surface area contributed by atoms with Gasteiger partial charge in [-0.25, -0.2) is 4.79 Å². The van der Waals surface area contributed by atoms with E-state index < -0.39 is 5.54 Å². The van der Waals surface area contributed by atoms with Gasteiger partial charge in [0, 0.05) is 19.1 Å². The normalized spacial score (nSPS) is 19.1. The summed E-state index contributed by atoms with van der Waals surface area (Å²) in [7, 11) is 1.59. The summed E-state index contributed by atoms with van der Waals surface area (Å²) in [6.45, 7) is 12.7. The first-order chi connectivity index (χ1) is 10.5. The third-order valence-corrected chi connectivity index (χ3v) is 3.91. The lowest BCUT2D eigenvalue weighted by molar-refractivity contribution is -0.127. The van der Waals surface area contributed by atoms with Gasteiger partial charge in [-0.2, -0.15) is 0 Å². The van der Waals surface area contributed by atoms with Gasteiger partial charge in [-0.3, -0.25) is 4.79 Å². The Hall–Kier alpha value is -1.30. The van der Waals surface area contributed by atoms with E-state index in [-0.39, 0.29) is 29.7 Å². The Morgan fingerprint density at radius 2 is 1.87 bits per heavy atom. The number of likely N-dealkylation sites (tertiary alicyclic amines) is 1. The first-order valence-corrected chi connectivity index (χ1v) is 8.45. The molecule has 1 rings (SSSR count). The molecule has 3 amide bonds. The summed E-state index contributed by atoms with van der Waals surface area (Å²) in [6.07, 6.45) is 2.39. The Morgan fingerprint density at radius 3 is 2.39 bits per heavy atom. The van der Waals surface area contributed by atoms with Crippen molar-refractivity contribution in [2.45, 2.75) is 84.1 Å². The Bertz CT molecular complexity index is 433. The minimum Gasteiger partial charge on any atom is -0.373 e. The van der Waals surface area contributed by atoms with Crippen LogP contribution in [0.2, 0.25) is 0 Å². The van der Waals surface area contributed by atoms with Crippen molar-refractivity contribution in [2.24, 2.45) is 0 Å². The molecule has 1 atom stereocenters. The molecule has 0 radical (unpaired) electrons. The molecule has 0 saturated carbocycles. The number of ether oxygens (including phenoxy) is 1.